The highest BCUT2D eigenvalue weighted by Gasteiger charge is 2.21. The molecule has 1 atom stereocenters. The van der Waals surface area contributed by atoms with Crippen LogP contribution in [0.25, 0.3) is 0 Å². The summed E-state index contributed by atoms with van der Waals surface area (Å²) in [7, 11) is 1.59. The van der Waals surface area contributed by atoms with Gasteiger partial charge < -0.3 is 9.84 Å². The van der Waals surface area contributed by atoms with Gasteiger partial charge in [-0.1, -0.05) is 12.1 Å². The van der Waals surface area contributed by atoms with Crippen LogP contribution in [0.1, 0.15) is 18.9 Å². The van der Waals surface area contributed by atoms with Crippen molar-refractivity contribution in [2.75, 3.05) is 7.11 Å². The molecule has 2 nitrogen and oxygen atoms in total. The van der Waals surface area contributed by atoms with E-state index < -0.39 is 5.60 Å². The van der Waals surface area contributed by atoms with Gasteiger partial charge in [-0.3, -0.25) is 0 Å². The van der Waals surface area contributed by atoms with E-state index >= 15 is 0 Å². The van der Waals surface area contributed by atoms with Gasteiger partial charge in [-0.2, -0.15) is 0 Å². The van der Waals surface area contributed by atoms with Crippen molar-refractivity contribution in [1.29, 1.82) is 0 Å². The van der Waals surface area contributed by atoms with Crippen molar-refractivity contribution in [2.45, 2.75) is 18.9 Å². The zero-order chi connectivity index (χ0) is 10.6. The SMILES string of the molecule is C#CC[C@@](C)(O)c1cccc(OC)c1. The van der Waals surface area contributed by atoms with Crippen molar-refractivity contribution in [1.82, 2.24) is 0 Å². The lowest BCUT2D eigenvalue weighted by Gasteiger charge is -2.21. The van der Waals surface area contributed by atoms with Gasteiger partial charge in [-0.25, -0.2) is 0 Å². The van der Waals surface area contributed by atoms with Crippen LogP contribution in [-0.2, 0) is 5.60 Å². The van der Waals surface area contributed by atoms with E-state index in [1.807, 2.05) is 18.2 Å². The molecular weight excluding hydrogens is 176 g/mol. The normalized spacial score (nSPS) is 14.1. The number of hydrogen-bond acceptors (Lipinski definition) is 2. The molecule has 0 fully saturated rings. The Labute approximate surface area is 84.5 Å². The first-order valence-electron chi connectivity index (χ1n) is 4.40. The third-order valence-corrected chi connectivity index (χ3v) is 2.14. The third-order valence-electron chi connectivity index (χ3n) is 2.14. The number of methoxy groups -OCH3 is 1. The fourth-order valence-corrected chi connectivity index (χ4v) is 1.26. The van der Waals surface area contributed by atoms with Crippen molar-refractivity contribution in [3.63, 3.8) is 0 Å². The summed E-state index contributed by atoms with van der Waals surface area (Å²) in [6, 6.07) is 7.28. The Bertz CT molecular complexity index is 348. The monoisotopic (exact) mass is 190 g/mol. The van der Waals surface area contributed by atoms with Gasteiger partial charge in [0.05, 0.1) is 12.7 Å². The van der Waals surface area contributed by atoms with E-state index in [1.54, 1.807) is 20.1 Å². The van der Waals surface area contributed by atoms with E-state index in [0.29, 0.717) is 6.42 Å². The predicted molar refractivity (Wildman–Crippen MR) is 56.0 cm³/mol. The molecule has 0 saturated heterocycles. The fourth-order valence-electron chi connectivity index (χ4n) is 1.26. The molecule has 1 aromatic carbocycles. The Morgan fingerprint density at radius 3 is 2.86 bits per heavy atom. The quantitative estimate of drug-likeness (QED) is 0.738. The minimum atomic E-state index is -0.983. The minimum absolute atomic E-state index is 0.292. The van der Waals surface area contributed by atoms with Crippen LogP contribution in [0, 0.1) is 12.3 Å². The highest BCUT2D eigenvalue weighted by Crippen LogP contribution is 2.26. The van der Waals surface area contributed by atoms with Crippen molar-refractivity contribution >= 4 is 0 Å². The van der Waals surface area contributed by atoms with Gasteiger partial charge >= 0.3 is 0 Å². The molecule has 74 valence electrons. The van der Waals surface area contributed by atoms with Crippen molar-refractivity contribution in [2.24, 2.45) is 0 Å². The summed E-state index contributed by atoms with van der Waals surface area (Å²) in [4.78, 5) is 0. The lowest BCUT2D eigenvalue weighted by atomic mass is 9.93. The lowest BCUT2D eigenvalue weighted by molar-refractivity contribution is 0.0627. The Hall–Kier alpha value is -1.46. The van der Waals surface area contributed by atoms with Gasteiger partial charge in [-0.15, -0.1) is 12.3 Å². The van der Waals surface area contributed by atoms with Gasteiger partial charge in [0, 0.05) is 6.42 Å². The molecule has 1 N–H and O–H groups in total. The predicted octanol–water partition coefficient (Wildman–Crippen LogP) is 1.93. The van der Waals surface area contributed by atoms with Crippen LogP contribution in [-0.4, -0.2) is 12.2 Å². The summed E-state index contributed by atoms with van der Waals surface area (Å²) >= 11 is 0. The molecule has 1 rings (SSSR count). The summed E-state index contributed by atoms with van der Waals surface area (Å²) in [6.07, 6.45) is 5.47. The Morgan fingerprint density at radius 2 is 2.29 bits per heavy atom. The Kier molecular flexibility index (Phi) is 3.16. The van der Waals surface area contributed by atoms with Gasteiger partial charge in [-0.05, 0) is 24.6 Å². The van der Waals surface area contributed by atoms with Gasteiger partial charge in [0.1, 0.15) is 5.75 Å². The molecule has 0 amide bonds. The molecule has 0 aliphatic carbocycles. The molecule has 1 aromatic rings. The number of terminal acetylenes is 1. The van der Waals surface area contributed by atoms with Crippen LogP contribution in [0.4, 0.5) is 0 Å². The second-order valence-electron chi connectivity index (χ2n) is 3.39. The van der Waals surface area contributed by atoms with Crippen molar-refractivity contribution < 1.29 is 9.84 Å². The number of aliphatic hydroxyl groups is 1. The maximum atomic E-state index is 10.0. The summed E-state index contributed by atoms with van der Waals surface area (Å²) in [6.45, 7) is 1.70. The second kappa shape index (κ2) is 4.17. The molecule has 0 heterocycles. The van der Waals surface area contributed by atoms with Crippen molar-refractivity contribution in [3.05, 3.63) is 29.8 Å². The van der Waals surface area contributed by atoms with Gasteiger partial charge in [0.2, 0.25) is 0 Å². The number of rotatable bonds is 3. The number of ether oxygens (including phenoxy) is 1. The van der Waals surface area contributed by atoms with E-state index in [9.17, 15) is 5.11 Å². The zero-order valence-corrected chi connectivity index (χ0v) is 8.45. The molecular formula is C12H14O2. The van der Waals surface area contributed by atoms with Crippen LogP contribution in [0.15, 0.2) is 24.3 Å². The van der Waals surface area contributed by atoms with Gasteiger partial charge in [0.25, 0.3) is 0 Å². The minimum Gasteiger partial charge on any atom is -0.497 e. The van der Waals surface area contributed by atoms with Crippen molar-refractivity contribution in [3.8, 4) is 18.1 Å². The van der Waals surface area contributed by atoms with Crippen LogP contribution < -0.4 is 4.74 Å². The molecule has 0 spiro atoms. The second-order valence-corrected chi connectivity index (χ2v) is 3.39. The molecule has 0 unspecified atom stereocenters. The summed E-state index contributed by atoms with van der Waals surface area (Å²) in [5, 5.41) is 10.0. The third kappa shape index (κ3) is 2.27. The van der Waals surface area contributed by atoms with Crippen LogP contribution in [0.2, 0.25) is 0 Å². The van der Waals surface area contributed by atoms with Crippen LogP contribution in [0.3, 0.4) is 0 Å². The van der Waals surface area contributed by atoms with E-state index in [0.717, 1.165) is 11.3 Å². The maximum absolute atomic E-state index is 10.0. The average Bonchev–Trinajstić information content (AvgIpc) is 2.18. The molecule has 0 radical (unpaired) electrons. The molecule has 0 aliphatic heterocycles. The molecule has 0 aromatic heterocycles. The summed E-state index contributed by atoms with van der Waals surface area (Å²) < 4.78 is 5.07. The van der Waals surface area contributed by atoms with Crippen LogP contribution >= 0.6 is 0 Å². The standard InChI is InChI=1S/C12H14O2/c1-4-8-12(2,13)10-6-5-7-11(9-10)14-3/h1,5-7,9,13H,8H2,2-3H3/t12-/m1/s1. The number of hydrogen-bond donors (Lipinski definition) is 1. The fraction of sp³-hybridized carbons (Fsp3) is 0.333. The molecule has 0 saturated carbocycles. The van der Waals surface area contributed by atoms with E-state index in [4.69, 9.17) is 11.2 Å². The lowest BCUT2D eigenvalue weighted by Crippen LogP contribution is -2.20. The van der Waals surface area contributed by atoms with E-state index in [2.05, 4.69) is 5.92 Å². The van der Waals surface area contributed by atoms with Gasteiger partial charge in [0.15, 0.2) is 0 Å². The maximum Gasteiger partial charge on any atom is 0.119 e. The largest absolute Gasteiger partial charge is 0.497 e. The first kappa shape index (κ1) is 10.6. The highest BCUT2D eigenvalue weighted by molar-refractivity contribution is 5.32. The van der Waals surface area contributed by atoms with E-state index in [1.165, 1.54) is 0 Å². The molecule has 0 aliphatic rings. The molecule has 2 heteroatoms. The van der Waals surface area contributed by atoms with E-state index in [-0.39, 0.29) is 0 Å². The zero-order valence-electron chi connectivity index (χ0n) is 8.45. The Morgan fingerprint density at radius 1 is 1.57 bits per heavy atom. The first-order valence-corrected chi connectivity index (χ1v) is 4.40. The highest BCUT2D eigenvalue weighted by atomic mass is 16.5. The summed E-state index contributed by atoms with van der Waals surface area (Å²) in [5.74, 6) is 3.18. The first-order chi connectivity index (χ1) is 6.60. The number of benzene rings is 1. The van der Waals surface area contributed by atoms with Crippen LogP contribution in [0.5, 0.6) is 5.75 Å². The molecule has 0 bridgehead atoms. The Balaban J connectivity index is 3.01. The smallest absolute Gasteiger partial charge is 0.119 e. The molecule has 14 heavy (non-hydrogen) atoms. The average molecular weight is 190 g/mol. The topological polar surface area (TPSA) is 29.5 Å². The summed E-state index contributed by atoms with van der Waals surface area (Å²) in [5.41, 5.74) is -0.210.